The van der Waals surface area contributed by atoms with Gasteiger partial charge in [0, 0.05) is 25.8 Å². The van der Waals surface area contributed by atoms with Gasteiger partial charge in [0.05, 0.1) is 28.6 Å². The smallest absolute Gasteiger partial charge is 0.309 e. The first-order valence-electron chi connectivity index (χ1n) is 14.1. The van der Waals surface area contributed by atoms with E-state index in [2.05, 4.69) is 19.6 Å². The predicted molar refractivity (Wildman–Crippen MR) is 165 cm³/mol. The monoisotopic (exact) mass is 592 g/mol. The van der Waals surface area contributed by atoms with Crippen LogP contribution in [0.25, 0.3) is 33.3 Å². The third kappa shape index (κ3) is 6.77. The van der Waals surface area contributed by atoms with Crippen LogP contribution in [0.2, 0.25) is 30.7 Å². The van der Waals surface area contributed by atoms with Crippen LogP contribution in [0.5, 0.6) is 11.8 Å². The minimum atomic E-state index is -1.24. The molecule has 0 spiro atoms. The molecule has 1 fully saturated rings. The molecule has 1 aliphatic rings. The van der Waals surface area contributed by atoms with Crippen molar-refractivity contribution in [2.75, 3.05) is 13.2 Å². The number of carbonyl (C=O) groups excluding carboxylic acids is 1. The lowest BCUT2D eigenvalue weighted by molar-refractivity contribution is -0.154. The number of imidazole rings is 1. The number of benzene rings is 3. The summed E-state index contributed by atoms with van der Waals surface area (Å²) < 4.78 is 19.5. The Morgan fingerprint density at radius 1 is 1.05 bits per heavy atom. The van der Waals surface area contributed by atoms with Crippen molar-refractivity contribution in [1.82, 2.24) is 9.55 Å². The summed E-state index contributed by atoms with van der Waals surface area (Å²) in [6.07, 6.45) is 1.10. The highest BCUT2D eigenvalue weighted by molar-refractivity contribution is 6.76. The zero-order valence-corrected chi connectivity index (χ0v) is 25.8. The largest absolute Gasteiger partial charge is 0.507 e. The van der Waals surface area contributed by atoms with Gasteiger partial charge in [-0.05, 0) is 55.1 Å². The molecule has 7 nitrogen and oxygen atoms in total. The van der Waals surface area contributed by atoms with Gasteiger partial charge >= 0.3 is 5.97 Å². The molecule has 1 aromatic heterocycles. The van der Waals surface area contributed by atoms with E-state index in [1.54, 1.807) is 12.1 Å². The number of phenols is 1. The number of hydrogen-bond acceptors (Lipinski definition) is 6. The van der Waals surface area contributed by atoms with Crippen LogP contribution in [-0.2, 0) is 21.0 Å². The fourth-order valence-electron chi connectivity index (χ4n) is 4.90. The fourth-order valence-corrected chi connectivity index (χ4v) is 5.93. The molecule has 5 rings (SSSR count). The molecule has 216 valence electrons. The van der Waals surface area contributed by atoms with Gasteiger partial charge in [-0.1, -0.05) is 73.7 Å². The third-order valence-corrected chi connectivity index (χ3v) is 9.43. The second kappa shape index (κ2) is 12.3. The maximum absolute atomic E-state index is 12.1. The van der Waals surface area contributed by atoms with E-state index in [9.17, 15) is 9.90 Å². The van der Waals surface area contributed by atoms with Crippen LogP contribution in [0.4, 0.5) is 0 Å². The Balaban J connectivity index is 1.41. The van der Waals surface area contributed by atoms with Crippen molar-refractivity contribution in [2.45, 2.75) is 58.3 Å². The zero-order chi connectivity index (χ0) is 29.1. The van der Waals surface area contributed by atoms with Crippen LogP contribution < -0.4 is 4.74 Å². The highest BCUT2D eigenvalue weighted by Crippen LogP contribution is 2.38. The first-order chi connectivity index (χ1) is 19.6. The third-order valence-electron chi connectivity index (χ3n) is 7.42. The number of aromatic hydroxyl groups is 1. The number of aromatic nitrogens is 2. The van der Waals surface area contributed by atoms with Crippen molar-refractivity contribution in [1.29, 1.82) is 0 Å². The van der Waals surface area contributed by atoms with Crippen LogP contribution in [0.3, 0.4) is 0 Å². The van der Waals surface area contributed by atoms with Gasteiger partial charge in [-0.3, -0.25) is 9.36 Å². The van der Waals surface area contributed by atoms with Crippen LogP contribution in [0, 0.1) is 5.92 Å². The first-order valence-corrected chi connectivity index (χ1v) is 18.2. The summed E-state index contributed by atoms with van der Waals surface area (Å²) in [6, 6.07) is 20.6. The van der Waals surface area contributed by atoms with Gasteiger partial charge in [0.25, 0.3) is 6.01 Å². The van der Waals surface area contributed by atoms with E-state index in [0.717, 1.165) is 39.3 Å². The van der Waals surface area contributed by atoms with E-state index in [1.165, 1.54) is 0 Å². The van der Waals surface area contributed by atoms with Gasteiger partial charge in [-0.2, -0.15) is 4.98 Å². The van der Waals surface area contributed by atoms with Crippen molar-refractivity contribution in [3.05, 3.63) is 65.7 Å². The van der Waals surface area contributed by atoms with E-state index in [-0.39, 0.29) is 23.7 Å². The molecule has 0 atom stereocenters. The van der Waals surface area contributed by atoms with Crippen molar-refractivity contribution in [3.8, 4) is 34.0 Å². The summed E-state index contributed by atoms with van der Waals surface area (Å²) in [6.45, 7) is 10.1. The number of ether oxygens (including phenoxy) is 3. The van der Waals surface area contributed by atoms with Gasteiger partial charge in [0.2, 0.25) is 0 Å². The second-order valence-electron chi connectivity index (χ2n) is 11.7. The number of phenolic OH excluding ortho intramolecular Hbond substituents is 1. The molecular formula is C32H37ClN2O5Si. The summed E-state index contributed by atoms with van der Waals surface area (Å²) >= 11 is 6.84. The van der Waals surface area contributed by atoms with E-state index in [4.69, 9.17) is 30.8 Å². The minimum Gasteiger partial charge on any atom is -0.507 e. The number of carbonyl (C=O) groups is 1. The Kier molecular flexibility index (Phi) is 8.73. The van der Waals surface area contributed by atoms with E-state index in [0.29, 0.717) is 43.8 Å². The molecule has 1 N–H and O–H groups in total. The number of rotatable bonds is 11. The normalized spacial score (nSPS) is 16.9. The molecule has 0 unspecified atom stereocenters. The lowest BCUT2D eigenvalue weighted by Crippen LogP contribution is -2.39. The highest BCUT2D eigenvalue weighted by atomic mass is 35.5. The van der Waals surface area contributed by atoms with Gasteiger partial charge in [-0.15, -0.1) is 0 Å². The molecule has 0 amide bonds. The van der Waals surface area contributed by atoms with Gasteiger partial charge in [-0.25, -0.2) is 0 Å². The van der Waals surface area contributed by atoms with E-state index >= 15 is 0 Å². The Bertz CT molecular complexity index is 1520. The molecule has 0 radical (unpaired) electrons. The summed E-state index contributed by atoms with van der Waals surface area (Å²) in [4.78, 5) is 16.9. The molecule has 1 aliphatic carbocycles. The van der Waals surface area contributed by atoms with Crippen molar-refractivity contribution in [2.24, 2.45) is 5.92 Å². The Morgan fingerprint density at radius 2 is 1.73 bits per heavy atom. The number of hydrogen-bond donors (Lipinski definition) is 1. The maximum atomic E-state index is 12.1. The molecule has 1 heterocycles. The molecule has 1 saturated carbocycles. The van der Waals surface area contributed by atoms with Crippen molar-refractivity contribution < 1.29 is 24.1 Å². The molecule has 3 aromatic carbocycles. The Hall–Kier alpha value is -3.33. The maximum Gasteiger partial charge on any atom is 0.309 e. The summed E-state index contributed by atoms with van der Waals surface area (Å²) in [7, 11) is -1.24. The summed E-state index contributed by atoms with van der Waals surface area (Å²) in [5.74, 6) is -0.0575. The molecule has 4 aromatic rings. The fraction of sp³-hybridized carbons (Fsp3) is 0.375. The van der Waals surface area contributed by atoms with Crippen LogP contribution >= 0.6 is 11.6 Å². The zero-order valence-electron chi connectivity index (χ0n) is 24.0. The molecular weight excluding hydrogens is 556 g/mol. The van der Waals surface area contributed by atoms with Gasteiger partial charge in [0.15, 0.2) is 0 Å². The lowest BCUT2D eigenvalue weighted by Gasteiger charge is -2.33. The van der Waals surface area contributed by atoms with Crippen molar-refractivity contribution >= 4 is 36.7 Å². The Morgan fingerprint density at radius 3 is 2.39 bits per heavy atom. The average Bonchev–Trinajstić information content (AvgIpc) is 3.23. The molecule has 0 bridgehead atoms. The van der Waals surface area contributed by atoms with Crippen molar-refractivity contribution in [3.63, 3.8) is 0 Å². The molecule has 41 heavy (non-hydrogen) atoms. The standard InChI is InChI=1S/C32H37ClN2O5Si/c1-5-39-31(37)23-16-24(17-23)40-32-34-28-18-26(22-12-10-21(11-13-22)25-8-6-7-9-30(25)36)27(33)19-29(28)35(32)20-38-14-15-41(2,3)4/h6-13,18-19,23-24,36H,5,14-17,20H2,1-4H3. The number of nitrogens with zero attached hydrogens (tertiary/aromatic N) is 2. The molecule has 9 heteroatoms. The van der Waals surface area contributed by atoms with E-state index < -0.39 is 8.07 Å². The average molecular weight is 593 g/mol. The second-order valence-corrected chi connectivity index (χ2v) is 17.8. The van der Waals surface area contributed by atoms with Gasteiger partial charge < -0.3 is 19.3 Å². The van der Waals surface area contributed by atoms with Crippen LogP contribution in [-0.4, -0.2) is 48.0 Å². The number of fused-ring (bicyclic) bond motifs is 1. The topological polar surface area (TPSA) is 82.8 Å². The Labute approximate surface area is 247 Å². The lowest BCUT2D eigenvalue weighted by atomic mass is 9.82. The van der Waals surface area contributed by atoms with Crippen LogP contribution in [0.1, 0.15) is 19.8 Å². The van der Waals surface area contributed by atoms with E-state index in [1.807, 2.05) is 60.0 Å². The summed E-state index contributed by atoms with van der Waals surface area (Å²) in [5.41, 5.74) is 5.06. The highest BCUT2D eigenvalue weighted by Gasteiger charge is 2.38. The molecule has 0 aliphatic heterocycles. The SMILES string of the molecule is CCOC(=O)C1CC(Oc2nc3cc(-c4ccc(-c5ccccc5O)cc4)c(Cl)cc3n2COCC[Si](C)(C)C)C1. The predicted octanol–water partition coefficient (Wildman–Crippen LogP) is 7.76. The first kappa shape index (κ1) is 29.2. The number of para-hydroxylation sites is 1. The number of halogens is 1. The van der Waals surface area contributed by atoms with Crippen LogP contribution in [0.15, 0.2) is 60.7 Å². The minimum absolute atomic E-state index is 0.112. The number of esters is 1. The molecule has 0 saturated heterocycles. The summed E-state index contributed by atoms with van der Waals surface area (Å²) in [5, 5.41) is 10.8. The quantitative estimate of drug-likeness (QED) is 0.109. The van der Waals surface area contributed by atoms with Gasteiger partial charge in [0.1, 0.15) is 18.6 Å².